The first-order chi connectivity index (χ1) is 15.0. The molecule has 2 aromatic carbocycles. The van der Waals surface area contributed by atoms with Crippen LogP contribution in [-0.2, 0) is 17.8 Å². The van der Waals surface area contributed by atoms with E-state index in [1.807, 2.05) is 38.1 Å². The number of rotatable bonds is 9. The molecule has 6 heteroatoms. The fraction of sp³-hybridized carbons (Fsp3) is 0.280. The van der Waals surface area contributed by atoms with Crippen LogP contribution in [0.2, 0.25) is 0 Å². The summed E-state index contributed by atoms with van der Waals surface area (Å²) < 4.78 is 12.0. The highest BCUT2D eigenvalue weighted by Gasteiger charge is 2.32. The SMILES string of the molecule is C=CCc1cc(C=C2NC(=O)N(CC)C2=O)cc(OCC)c1OCc1ccc(C)cc1. The van der Waals surface area contributed by atoms with Crippen LogP contribution in [0.1, 0.15) is 36.1 Å². The van der Waals surface area contributed by atoms with Gasteiger partial charge in [-0.2, -0.15) is 0 Å². The molecule has 0 saturated carbocycles. The maximum atomic E-state index is 12.4. The molecule has 2 aromatic rings. The fourth-order valence-electron chi connectivity index (χ4n) is 3.37. The Morgan fingerprint density at radius 1 is 1.10 bits per heavy atom. The number of imide groups is 1. The van der Waals surface area contributed by atoms with Gasteiger partial charge in [-0.15, -0.1) is 6.58 Å². The van der Waals surface area contributed by atoms with E-state index in [2.05, 4.69) is 24.0 Å². The van der Waals surface area contributed by atoms with Crippen molar-refractivity contribution in [3.8, 4) is 11.5 Å². The monoisotopic (exact) mass is 420 g/mol. The number of nitrogens with one attached hydrogen (secondary N) is 1. The zero-order valence-electron chi connectivity index (χ0n) is 18.2. The van der Waals surface area contributed by atoms with E-state index in [9.17, 15) is 9.59 Å². The zero-order chi connectivity index (χ0) is 22.4. The van der Waals surface area contributed by atoms with Crippen molar-refractivity contribution in [2.45, 2.75) is 33.8 Å². The van der Waals surface area contributed by atoms with Gasteiger partial charge in [0.25, 0.3) is 5.91 Å². The lowest BCUT2D eigenvalue weighted by molar-refractivity contribution is -0.122. The predicted molar refractivity (Wildman–Crippen MR) is 121 cm³/mol. The lowest BCUT2D eigenvalue weighted by atomic mass is 10.0. The molecule has 1 aliphatic heterocycles. The number of hydrogen-bond acceptors (Lipinski definition) is 4. The lowest BCUT2D eigenvalue weighted by Crippen LogP contribution is -2.30. The maximum Gasteiger partial charge on any atom is 0.328 e. The summed E-state index contributed by atoms with van der Waals surface area (Å²) in [6.07, 6.45) is 4.03. The second kappa shape index (κ2) is 9.98. The van der Waals surface area contributed by atoms with Crippen LogP contribution in [0.15, 0.2) is 54.8 Å². The Balaban J connectivity index is 1.95. The number of nitrogens with zero attached hydrogens (tertiary/aromatic N) is 1. The summed E-state index contributed by atoms with van der Waals surface area (Å²) in [6, 6.07) is 11.5. The van der Waals surface area contributed by atoms with Gasteiger partial charge in [0.15, 0.2) is 11.5 Å². The topological polar surface area (TPSA) is 67.9 Å². The fourth-order valence-corrected chi connectivity index (χ4v) is 3.37. The van der Waals surface area contributed by atoms with Gasteiger partial charge in [-0.05, 0) is 56.5 Å². The second-order valence-corrected chi connectivity index (χ2v) is 7.24. The molecular formula is C25H28N2O4. The number of amides is 3. The number of carbonyl (C=O) groups is 2. The minimum absolute atomic E-state index is 0.243. The summed E-state index contributed by atoms with van der Waals surface area (Å²) in [4.78, 5) is 25.5. The van der Waals surface area contributed by atoms with E-state index in [0.29, 0.717) is 37.7 Å². The van der Waals surface area contributed by atoms with E-state index >= 15 is 0 Å². The molecule has 0 radical (unpaired) electrons. The number of hydrogen-bond donors (Lipinski definition) is 1. The van der Waals surface area contributed by atoms with E-state index in [0.717, 1.165) is 16.7 Å². The van der Waals surface area contributed by atoms with Crippen molar-refractivity contribution in [1.29, 1.82) is 0 Å². The average molecular weight is 421 g/mol. The molecule has 0 aliphatic carbocycles. The maximum absolute atomic E-state index is 12.4. The standard InChI is InChI=1S/C25H28N2O4/c1-5-8-20-13-19(14-21-24(28)27(6-2)25(29)26-21)15-22(30-7-3)23(20)31-16-18-11-9-17(4)10-12-18/h5,9-15H,1,6-8,16H2,2-4H3,(H,26,29). The van der Waals surface area contributed by atoms with Gasteiger partial charge in [-0.25, -0.2) is 4.79 Å². The average Bonchev–Trinajstić information content (AvgIpc) is 3.01. The largest absolute Gasteiger partial charge is 0.490 e. The first kappa shape index (κ1) is 22.2. The van der Waals surface area contributed by atoms with Crippen LogP contribution in [0.4, 0.5) is 4.79 Å². The number of likely N-dealkylation sites (N-methyl/N-ethyl adjacent to an activating group) is 1. The Morgan fingerprint density at radius 2 is 1.84 bits per heavy atom. The molecule has 0 aromatic heterocycles. The Kier molecular flexibility index (Phi) is 7.13. The van der Waals surface area contributed by atoms with Crippen LogP contribution in [0, 0.1) is 6.92 Å². The molecule has 3 rings (SSSR count). The van der Waals surface area contributed by atoms with E-state index in [1.54, 1.807) is 19.1 Å². The number of carbonyl (C=O) groups excluding carboxylic acids is 2. The quantitative estimate of drug-likeness (QED) is 0.365. The molecule has 3 amide bonds. The van der Waals surface area contributed by atoms with Crippen molar-refractivity contribution >= 4 is 18.0 Å². The molecule has 1 N–H and O–H groups in total. The van der Waals surface area contributed by atoms with Gasteiger partial charge in [-0.1, -0.05) is 35.9 Å². The Morgan fingerprint density at radius 3 is 2.45 bits per heavy atom. The normalized spacial score (nSPS) is 14.7. The van der Waals surface area contributed by atoms with Crippen LogP contribution in [-0.4, -0.2) is 30.0 Å². The molecular weight excluding hydrogens is 392 g/mol. The van der Waals surface area contributed by atoms with Gasteiger partial charge in [0, 0.05) is 12.1 Å². The predicted octanol–water partition coefficient (Wildman–Crippen LogP) is 4.61. The number of allylic oxidation sites excluding steroid dienone is 1. The van der Waals surface area contributed by atoms with Gasteiger partial charge >= 0.3 is 6.03 Å². The van der Waals surface area contributed by atoms with Crippen molar-refractivity contribution in [1.82, 2.24) is 10.2 Å². The van der Waals surface area contributed by atoms with E-state index in [4.69, 9.17) is 9.47 Å². The molecule has 0 spiro atoms. The molecule has 6 nitrogen and oxygen atoms in total. The molecule has 0 unspecified atom stereocenters. The lowest BCUT2D eigenvalue weighted by Gasteiger charge is -2.17. The Labute approximate surface area is 183 Å². The van der Waals surface area contributed by atoms with Crippen LogP contribution in [0.25, 0.3) is 6.08 Å². The van der Waals surface area contributed by atoms with Gasteiger partial charge in [0.05, 0.1) is 6.61 Å². The van der Waals surface area contributed by atoms with Gasteiger partial charge in [0.1, 0.15) is 12.3 Å². The second-order valence-electron chi connectivity index (χ2n) is 7.24. The van der Waals surface area contributed by atoms with Crippen LogP contribution >= 0.6 is 0 Å². The number of ether oxygens (including phenoxy) is 2. The summed E-state index contributed by atoms with van der Waals surface area (Å²) in [6.45, 7) is 10.8. The van der Waals surface area contributed by atoms with Crippen LogP contribution in [0.3, 0.4) is 0 Å². The molecule has 1 fully saturated rings. The molecule has 1 heterocycles. The summed E-state index contributed by atoms with van der Waals surface area (Å²) in [5, 5.41) is 2.63. The summed E-state index contributed by atoms with van der Waals surface area (Å²) in [7, 11) is 0. The van der Waals surface area contributed by atoms with Crippen molar-refractivity contribution in [2.75, 3.05) is 13.2 Å². The van der Waals surface area contributed by atoms with Gasteiger partial charge < -0.3 is 14.8 Å². The number of benzene rings is 2. The van der Waals surface area contributed by atoms with Crippen molar-refractivity contribution < 1.29 is 19.1 Å². The highest BCUT2D eigenvalue weighted by molar-refractivity contribution is 6.13. The highest BCUT2D eigenvalue weighted by Crippen LogP contribution is 2.35. The third kappa shape index (κ3) is 5.15. The minimum Gasteiger partial charge on any atom is -0.490 e. The third-order valence-corrected chi connectivity index (χ3v) is 4.91. The van der Waals surface area contributed by atoms with Crippen molar-refractivity contribution in [3.63, 3.8) is 0 Å². The summed E-state index contributed by atoms with van der Waals surface area (Å²) in [5.41, 5.74) is 4.13. The molecule has 162 valence electrons. The molecule has 0 bridgehead atoms. The summed E-state index contributed by atoms with van der Waals surface area (Å²) in [5.74, 6) is 0.904. The zero-order valence-corrected chi connectivity index (χ0v) is 18.2. The Bertz CT molecular complexity index is 1010. The molecule has 1 aliphatic rings. The van der Waals surface area contributed by atoms with Crippen LogP contribution in [0.5, 0.6) is 11.5 Å². The number of urea groups is 1. The minimum atomic E-state index is -0.409. The molecule has 0 atom stereocenters. The van der Waals surface area contributed by atoms with Gasteiger partial charge in [-0.3, -0.25) is 9.69 Å². The summed E-state index contributed by atoms with van der Waals surface area (Å²) >= 11 is 0. The smallest absolute Gasteiger partial charge is 0.328 e. The third-order valence-electron chi connectivity index (χ3n) is 4.91. The van der Waals surface area contributed by atoms with E-state index in [1.165, 1.54) is 10.5 Å². The van der Waals surface area contributed by atoms with E-state index in [-0.39, 0.29) is 11.6 Å². The van der Waals surface area contributed by atoms with Crippen molar-refractivity contribution in [3.05, 3.63) is 77.0 Å². The molecule has 31 heavy (non-hydrogen) atoms. The molecule has 1 saturated heterocycles. The first-order valence-electron chi connectivity index (χ1n) is 10.4. The first-order valence-corrected chi connectivity index (χ1v) is 10.4. The van der Waals surface area contributed by atoms with E-state index < -0.39 is 6.03 Å². The Hall–Kier alpha value is -3.54. The van der Waals surface area contributed by atoms with Crippen LogP contribution < -0.4 is 14.8 Å². The highest BCUT2D eigenvalue weighted by atomic mass is 16.5. The van der Waals surface area contributed by atoms with Gasteiger partial charge in [0.2, 0.25) is 0 Å². The number of aryl methyl sites for hydroxylation is 1. The van der Waals surface area contributed by atoms with Crippen molar-refractivity contribution in [2.24, 2.45) is 0 Å².